The second-order valence-corrected chi connectivity index (χ2v) is 6.73. The molecule has 0 radical (unpaired) electrons. The molecule has 0 saturated carbocycles. The van der Waals surface area contributed by atoms with E-state index in [1.54, 1.807) is 14.2 Å². The highest BCUT2D eigenvalue weighted by atomic mass is 16.5. The summed E-state index contributed by atoms with van der Waals surface area (Å²) < 4.78 is 11.2. The Morgan fingerprint density at radius 2 is 1.58 bits per heavy atom. The Labute approximate surface area is 143 Å². The van der Waals surface area contributed by atoms with Gasteiger partial charge in [-0.1, -0.05) is 54.6 Å². The summed E-state index contributed by atoms with van der Waals surface area (Å²) in [6.45, 7) is 1.35. The molecule has 0 bridgehead atoms. The second kappa shape index (κ2) is 6.04. The van der Waals surface area contributed by atoms with Crippen molar-refractivity contribution in [3.05, 3.63) is 71.8 Å². The van der Waals surface area contributed by atoms with E-state index in [1.807, 2.05) is 0 Å². The number of hydrogen-bond donors (Lipinski definition) is 0. The van der Waals surface area contributed by atoms with Crippen LogP contribution >= 0.6 is 0 Å². The van der Waals surface area contributed by atoms with Crippen LogP contribution in [-0.2, 0) is 21.3 Å². The van der Waals surface area contributed by atoms with Gasteiger partial charge in [0, 0.05) is 19.6 Å². The van der Waals surface area contributed by atoms with Crippen molar-refractivity contribution in [3.63, 3.8) is 0 Å². The van der Waals surface area contributed by atoms with Gasteiger partial charge in [-0.05, 0) is 45.5 Å². The summed E-state index contributed by atoms with van der Waals surface area (Å²) >= 11 is 0. The Morgan fingerprint density at radius 1 is 0.833 bits per heavy atom. The lowest BCUT2D eigenvalue weighted by Crippen LogP contribution is -2.36. The van der Waals surface area contributed by atoms with Crippen molar-refractivity contribution in [2.45, 2.75) is 11.8 Å². The summed E-state index contributed by atoms with van der Waals surface area (Å²) in [7, 11) is 3.55. The van der Waals surface area contributed by atoms with Gasteiger partial charge in [0.05, 0.1) is 13.2 Å². The monoisotopic (exact) mass is 318 g/mol. The number of ether oxygens (including phenoxy) is 2. The summed E-state index contributed by atoms with van der Waals surface area (Å²) in [5.74, 6) is 0. The van der Waals surface area contributed by atoms with E-state index in [0.29, 0.717) is 13.2 Å². The topological polar surface area (TPSA) is 18.5 Å². The molecule has 1 aliphatic rings. The Balaban J connectivity index is 1.91. The van der Waals surface area contributed by atoms with Gasteiger partial charge in [0.15, 0.2) is 0 Å². The molecule has 1 aliphatic carbocycles. The molecule has 2 nitrogen and oxygen atoms in total. The van der Waals surface area contributed by atoms with Crippen LogP contribution in [0.15, 0.2) is 60.7 Å². The zero-order valence-electron chi connectivity index (χ0n) is 14.2. The van der Waals surface area contributed by atoms with Crippen LogP contribution < -0.4 is 0 Å². The molecule has 0 unspecified atom stereocenters. The number of rotatable bonds is 5. The molecule has 24 heavy (non-hydrogen) atoms. The van der Waals surface area contributed by atoms with E-state index in [9.17, 15) is 0 Å². The standard InChI is InChI=1S/C22H22O2/c1-23-14-22(15-24-2)13-19-12-18(16-7-4-3-5-8-16)11-17-9-6-10-20(22)21(17)19/h3-12H,13-15H2,1-2H3. The first-order valence-electron chi connectivity index (χ1n) is 8.37. The average Bonchev–Trinajstić information content (AvgIpc) is 2.92. The molecule has 3 aromatic carbocycles. The average molecular weight is 318 g/mol. The molecule has 0 fully saturated rings. The first-order chi connectivity index (χ1) is 11.8. The van der Waals surface area contributed by atoms with Gasteiger partial charge in [-0.15, -0.1) is 0 Å². The quantitative estimate of drug-likeness (QED) is 0.685. The van der Waals surface area contributed by atoms with E-state index in [1.165, 1.54) is 33.0 Å². The Morgan fingerprint density at radius 3 is 2.29 bits per heavy atom. The molecule has 122 valence electrons. The van der Waals surface area contributed by atoms with Gasteiger partial charge in [-0.25, -0.2) is 0 Å². The predicted molar refractivity (Wildman–Crippen MR) is 98.5 cm³/mol. The third-order valence-electron chi connectivity index (χ3n) is 5.11. The number of benzene rings is 3. The lowest BCUT2D eigenvalue weighted by Gasteiger charge is -2.29. The number of hydrogen-bond acceptors (Lipinski definition) is 2. The van der Waals surface area contributed by atoms with Crippen molar-refractivity contribution in [1.29, 1.82) is 0 Å². The van der Waals surface area contributed by atoms with Crippen molar-refractivity contribution in [2.24, 2.45) is 0 Å². The van der Waals surface area contributed by atoms with Gasteiger partial charge >= 0.3 is 0 Å². The van der Waals surface area contributed by atoms with Crippen LogP contribution in [0.5, 0.6) is 0 Å². The number of methoxy groups -OCH3 is 2. The SMILES string of the molecule is COCC1(COC)Cc2cc(-c3ccccc3)cc3cccc1c23. The van der Waals surface area contributed by atoms with Crippen LogP contribution in [0.2, 0.25) is 0 Å². The molecule has 0 atom stereocenters. The van der Waals surface area contributed by atoms with Gasteiger partial charge in [0.25, 0.3) is 0 Å². The highest BCUT2D eigenvalue weighted by Gasteiger charge is 2.40. The summed E-state index contributed by atoms with van der Waals surface area (Å²) in [5.41, 5.74) is 5.22. The second-order valence-electron chi connectivity index (χ2n) is 6.73. The first kappa shape index (κ1) is 15.4. The molecule has 0 heterocycles. The van der Waals surface area contributed by atoms with E-state index in [4.69, 9.17) is 9.47 Å². The lowest BCUT2D eigenvalue weighted by molar-refractivity contribution is 0.0623. The van der Waals surface area contributed by atoms with Crippen molar-refractivity contribution in [2.75, 3.05) is 27.4 Å². The van der Waals surface area contributed by atoms with Crippen LogP contribution in [0.1, 0.15) is 11.1 Å². The fraction of sp³-hybridized carbons (Fsp3) is 0.273. The zero-order valence-corrected chi connectivity index (χ0v) is 14.2. The molecule has 0 spiro atoms. The minimum atomic E-state index is -0.0827. The summed E-state index contributed by atoms with van der Waals surface area (Å²) in [4.78, 5) is 0. The summed E-state index contributed by atoms with van der Waals surface area (Å²) in [5, 5.41) is 2.68. The summed E-state index contributed by atoms with van der Waals surface area (Å²) in [6, 6.07) is 21.8. The van der Waals surface area contributed by atoms with E-state index in [0.717, 1.165) is 6.42 Å². The Kier molecular flexibility index (Phi) is 3.87. The molecule has 0 amide bonds. The van der Waals surface area contributed by atoms with Crippen molar-refractivity contribution < 1.29 is 9.47 Å². The van der Waals surface area contributed by atoms with Crippen molar-refractivity contribution in [1.82, 2.24) is 0 Å². The molecule has 3 aromatic rings. The molecule has 0 saturated heterocycles. The highest BCUT2D eigenvalue weighted by molar-refractivity contribution is 5.95. The van der Waals surface area contributed by atoms with E-state index >= 15 is 0 Å². The Bertz CT molecular complexity index is 862. The summed E-state index contributed by atoms with van der Waals surface area (Å²) in [6.07, 6.45) is 0.963. The fourth-order valence-corrected chi connectivity index (χ4v) is 4.21. The van der Waals surface area contributed by atoms with Crippen molar-refractivity contribution in [3.8, 4) is 11.1 Å². The minimum absolute atomic E-state index is 0.0827. The van der Waals surface area contributed by atoms with E-state index < -0.39 is 0 Å². The first-order valence-corrected chi connectivity index (χ1v) is 8.37. The maximum atomic E-state index is 5.58. The van der Waals surface area contributed by atoms with E-state index in [-0.39, 0.29) is 5.41 Å². The van der Waals surface area contributed by atoms with E-state index in [2.05, 4.69) is 60.7 Å². The van der Waals surface area contributed by atoms with Gasteiger partial charge in [-0.2, -0.15) is 0 Å². The lowest BCUT2D eigenvalue weighted by atomic mass is 9.82. The highest BCUT2D eigenvalue weighted by Crippen LogP contribution is 2.44. The van der Waals surface area contributed by atoms with Gasteiger partial charge < -0.3 is 9.47 Å². The molecule has 0 N–H and O–H groups in total. The molecule has 4 rings (SSSR count). The van der Waals surface area contributed by atoms with Gasteiger partial charge in [0.2, 0.25) is 0 Å². The van der Waals surface area contributed by atoms with Crippen LogP contribution in [0.3, 0.4) is 0 Å². The smallest absolute Gasteiger partial charge is 0.0584 e. The Hall–Kier alpha value is -2.16. The third kappa shape index (κ3) is 2.34. The largest absolute Gasteiger partial charge is 0.384 e. The fourth-order valence-electron chi connectivity index (χ4n) is 4.21. The zero-order chi connectivity index (χ0) is 16.6. The molecule has 0 aromatic heterocycles. The van der Waals surface area contributed by atoms with Gasteiger partial charge in [0.1, 0.15) is 0 Å². The maximum absolute atomic E-state index is 5.58. The minimum Gasteiger partial charge on any atom is -0.384 e. The van der Waals surface area contributed by atoms with Crippen molar-refractivity contribution >= 4 is 10.8 Å². The van der Waals surface area contributed by atoms with Crippen LogP contribution in [0.4, 0.5) is 0 Å². The van der Waals surface area contributed by atoms with Crippen LogP contribution in [-0.4, -0.2) is 27.4 Å². The third-order valence-corrected chi connectivity index (χ3v) is 5.11. The normalized spacial score (nSPS) is 15.1. The molecular formula is C22H22O2. The molecule has 0 aliphatic heterocycles. The van der Waals surface area contributed by atoms with Crippen LogP contribution in [0.25, 0.3) is 21.9 Å². The van der Waals surface area contributed by atoms with Gasteiger partial charge in [-0.3, -0.25) is 0 Å². The molecule has 2 heteroatoms. The van der Waals surface area contributed by atoms with Crippen LogP contribution in [0, 0.1) is 0 Å². The predicted octanol–water partition coefficient (Wildman–Crippen LogP) is 4.59. The molecular weight excluding hydrogens is 296 g/mol. The maximum Gasteiger partial charge on any atom is 0.0584 e.